The lowest BCUT2D eigenvalue weighted by atomic mass is 10.1. The molecule has 0 spiro atoms. The summed E-state index contributed by atoms with van der Waals surface area (Å²) in [7, 11) is 5.66. The number of benzene rings is 1. The molecule has 1 aliphatic rings. The Bertz CT molecular complexity index is 468. The highest BCUT2D eigenvalue weighted by Crippen LogP contribution is 2.24. The first-order chi connectivity index (χ1) is 9.00. The monoisotopic (exact) mass is 263 g/mol. The Morgan fingerprint density at radius 3 is 2.68 bits per heavy atom. The average molecular weight is 263 g/mol. The normalized spacial score (nSPS) is 18.4. The van der Waals surface area contributed by atoms with Crippen molar-refractivity contribution in [3.8, 4) is 0 Å². The number of nitrogens with two attached hydrogens (primary N) is 1. The van der Waals surface area contributed by atoms with Crippen LogP contribution in [0.1, 0.15) is 16.8 Å². The molecular formula is C14H21N3O2. The van der Waals surface area contributed by atoms with Crippen molar-refractivity contribution in [3.05, 3.63) is 23.8 Å². The Kier molecular flexibility index (Phi) is 3.95. The van der Waals surface area contributed by atoms with Crippen LogP contribution in [0.25, 0.3) is 0 Å². The van der Waals surface area contributed by atoms with E-state index in [1.165, 1.54) is 0 Å². The first kappa shape index (κ1) is 13.7. The third kappa shape index (κ3) is 2.81. The molecule has 1 aliphatic heterocycles. The van der Waals surface area contributed by atoms with Gasteiger partial charge in [0.1, 0.15) is 0 Å². The molecule has 0 aliphatic carbocycles. The highest BCUT2D eigenvalue weighted by atomic mass is 16.5. The Hall–Kier alpha value is -1.75. The predicted octanol–water partition coefficient (Wildman–Crippen LogP) is 1.20. The average Bonchev–Trinajstić information content (AvgIpc) is 2.90. The highest BCUT2D eigenvalue weighted by molar-refractivity contribution is 6.00. The van der Waals surface area contributed by atoms with Gasteiger partial charge in [-0.3, -0.25) is 4.79 Å². The van der Waals surface area contributed by atoms with Crippen LogP contribution in [0.15, 0.2) is 18.2 Å². The van der Waals surface area contributed by atoms with E-state index in [1.807, 2.05) is 38.2 Å². The minimum Gasteiger partial charge on any atom is -0.399 e. The number of nitrogens with zero attached hydrogens (tertiary/aromatic N) is 2. The number of likely N-dealkylation sites (N-methyl/N-ethyl adjacent to an activating group) is 1. The zero-order valence-electron chi connectivity index (χ0n) is 11.7. The Morgan fingerprint density at radius 2 is 2.11 bits per heavy atom. The fourth-order valence-electron chi connectivity index (χ4n) is 2.30. The lowest BCUT2D eigenvalue weighted by Crippen LogP contribution is -2.38. The van der Waals surface area contributed by atoms with Crippen molar-refractivity contribution in [2.75, 3.05) is 45.0 Å². The SMILES string of the molecule is CN(C)c1ccc(N)cc1C(=O)N(C)C1CCOC1. The van der Waals surface area contributed by atoms with Crippen LogP contribution in [0.3, 0.4) is 0 Å². The largest absolute Gasteiger partial charge is 0.399 e. The first-order valence-electron chi connectivity index (χ1n) is 6.42. The molecule has 19 heavy (non-hydrogen) atoms. The van der Waals surface area contributed by atoms with Crippen molar-refractivity contribution in [1.29, 1.82) is 0 Å². The Balaban J connectivity index is 2.29. The van der Waals surface area contributed by atoms with Gasteiger partial charge in [-0.25, -0.2) is 0 Å². The van der Waals surface area contributed by atoms with Crippen LogP contribution in [0.2, 0.25) is 0 Å². The molecule has 104 valence electrons. The van der Waals surface area contributed by atoms with E-state index >= 15 is 0 Å². The Morgan fingerprint density at radius 1 is 1.37 bits per heavy atom. The number of hydrogen-bond acceptors (Lipinski definition) is 4. The van der Waals surface area contributed by atoms with Crippen LogP contribution in [0.5, 0.6) is 0 Å². The van der Waals surface area contributed by atoms with E-state index < -0.39 is 0 Å². The van der Waals surface area contributed by atoms with Crippen LogP contribution < -0.4 is 10.6 Å². The van der Waals surface area contributed by atoms with Gasteiger partial charge in [-0.1, -0.05) is 0 Å². The summed E-state index contributed by atoms with van der Waals surface area (Å²) in [6.07, 6.45) is 0.891. The van der Waals surface area contributed by atoms with E-state index in [1.54, 1.807) is 11.0 Å². The van der Waals surface area contributed by atoms with E-state index in [4.69, 9.17) is 10.5 Å². The summed E-state index contributed by atoms with van der Waals surface area (Å²) in [5.41, 5.74) is 7.92. The predicted molar refractivity (Wildman–Crippen MR) is 76.5 cm³/mol. The second-order valence-corrected chi connectivity index (χ2v) is 5.10. The van der Waals surface area contributed by atoms with E-state index in [0.717, 1.165) is 18.7 Å². The number of rotatable bonds is 3. The fraction of sp³-hybridized carbons (Fsp3) is 0.500. The number of carbonyl (C=O) groups excluding carboxylic acids is 1. The summed E-state index contributed by atoms with van der Waals surface area (Å²) in [6, 6.07) is 5.58. The molecular weight excluding hydrogens is 242 g/mol. The Labute approximate surface area is 113 Å². The second-order valence-electron chi connectivity index (χ2n) is 5.10. The zero-order chi connectivity index (χ0) is 14.0. The maximum atomic E-state index is 12.6. The maximum absolute atomic E-state index is 12.6. The van der Waals surface area contributed by atoms with Crippen molar-refractivity contribution in [2.24, 2.45) is 0 Å². The molecule has 5 nitrogen and oxygen atoms in total. The number of anilines is 2. The van der Waals surface area contributed by atoms with Crippen molar-refractivity contribution >= 4 is 17.3 Å². The molecule has 2 rings (SSSR count). The van der Waals surface area contributed by atoms with Gasteiger partial charge >= 0.3 is 0 Å². The molecule has 0 radical (unpaired) electrons. The minimum absolute atomic E-state index is 0.00787. The van der Waals surface area contributed by atoms with Crippen molar-refractivity contribution in [2.45, 2.75) is 12.5 Å². The van der Waals surface area contributed by atoms with Crippen molar-refractivity contribution < 1.29 is 9.53 Å². The number of hydrogen-bond donors (Lipinski definition) is 1. The fourth-order valence-corrected chi connectivity index (χ4v) is 2.30. The van der Waals surface area contributed by atoms with Gasteiger partial charge in [0.05, 0.1) is 18.2 Å². The van der Waals surface area contributed by atoms with E-state index in [0.29, 0.717) is 17.9 Å². The lowest BCUT2D eigenvalue weighted by molar-refractivity contribution is 0.0712. The first-order valence-corrected chi connectivity index (χ1v) is 6.42. The van der Waals surface area contributed by atoms with Crippen molar-refractivity contribution in [3.63, 3.8) is 0 Å². The van der Waals surface area contributed by atoms with E-state index in [2.05, 4.69) is 0 Å². The van der Waals surface area contributed by atoms with Gasteiger partial charge in [0.25, 0.3) is 5.91 Å². The van der Waals surface area contributed by atoms with Gasteiger partial charge in [-0.2, -0.15) is 0 Å². The topological polar surface area (TPSA) is 58.8 Å². The molecule has 1 amide bonds. The van der Waals surface area contributed by atoms with Crippen LogP contribution in [0, 0.1) is 0 Å². The number of nitrogen functional groups attached to an aromatic ring is 1. The standard InChI is InChI=1S/C14H21N3O2/c1-16(2)13-5-4-10(15)8-12(13)14(18)17(3)11-6-7-19-9-11/h4-5,8,11H,6-7,9,15H2,1-3H3. The number of amides is 1. The third-order valence-electron chi connectivity index (χ3n) is 3.51. The third-order valence-corrected chi connectivity index (χ3v) is 3.51. The quantitative estimate of drug-likeness (QED) is 0.832. The van der Waals surface area contributed by atoms with Gasteiger partial charge in [0.15, 0.2) is 0 Å². The molecule has 1 heterocycles. The summed E-state index contributed by atoms with van der Waals surface area (Å²) in [4.78, 5) is 16.3. The van der Waals surface area contributed by atoms with E-state index in [-0.39, 0.29) is 11.9 Å². The van der Waals surface area contributed by atoms with Crippen LogP contribution in [0.4, 0.5) is 11.4 Å². The molecule has 1 unspecified atom stereocenters. The molecule has 1 atom stereocenters. The van der Waals surface area contributed by atoms with Crippen LogP contribution >= 0.6 is 0 Å². The summed E-state index contributed by atoms with van der Waals surface area (Å²) >= 11 is 0. The minimum atomic E-state index is -0.00787. The molecule has 0 saturated carbocycles. The molecule has 0 bridgehead atoms. The smallest absolute Gasteiger partial charge is 0.256 e. The molecule has 1 saturated heterocycles. The van der Waals surface area contributed by atoms with Gasteiger partial charge < -0.3 is 20.3 Å². The van der Waals surface area contributed by atoms with Crippen LogP contribution in [-0.4, -0.2) is 51.2 Å². The molecule has 0 aromatic heterocycles. The van der Waals surface area contributed by atoms with Crippen molar-refractivity contribution in [1.82, 2.24) is 4.90 Å². The highest BCUT2D eigenvalue weighted by Gasteiger charge is 2.26. The van der Waals surface area contributed by atoms with E-state index in [9.17, 15) is 4.79 Å². The molecule has 2 N–H and O–H groups in total. The number of carbonyl (C=O) groups is 1. The molecule has 1 aromatic carbocycles. The van der Waals surface area contributed by atoms with Gasteiger partial charge in [-0.15, -0.1) is 0 Å². The summed E-state index contributed by atoms with van der Waals surface area (Å²) in [5.74, 6) is -0.00787. The molecule has 5 heteroatoms. The van der Waals surface area contributed by atoms with Gasteiger partial charge in [0, 0.05) is 39.1 Å². The summed E-state index contributed by atoms with van der Waals surface area (Å²) in [6.45, 7) is 1.33. The lowest BCUT2D eigenvalue weighted by Gasteiger charge is -2.26. The van der Waals surface area contributed by atoms with Gasteiger partial charge in [0.2, 0.25) is 0 Å². The zero-order valence-corrected chi connectivity index (χ0v) is 11.7. The van der Waals surface area contributed by atoms with Gasteiger partial charge in [-0.05, 0) is 24.6 Å². The second kappa shape index (κ2) is 5.48. The summed E-state index contributed by atoms with van der Waals surface area (Å²) < 4.78 is 5.34. The van der Waals surface area contributed by atoms with Crippen LogP contribution in [-0.2, 0) is 4.74 Å². The number of ether oxygens (including phenoxy) is 1. The maximum Gasteiger partial charge on any atom is 0.256 e. The molecule has 1 aromatic rings. The molecule has 1 fully saturated rings. The summed E-state index contributed by atoms with van der Waals surface area (Å²) in [5, 5.41) is 0.